The quantitative estimate of drug-likeness (QED) is 0.794. The first-order valence-corrected chi connectivity index (χ1v) is 8.56. The van der Waals surface area contributed by atoms with E-state index in [9.17, 15) is 8.42 Å². The van der Waals surface area contributed by atoms with Crippen LogP contribution in [0.25, 0.3) is 0 Å². The van der Waals surface area contributed by atoms with Crippen molar-refractivity contribution >= 4 is 43.2 Å². The first kappa shape index (κ1) is 16.1. The Bertz CT molecular complexity index is 765. The van der Waals surface area contributed by atoms with Crippen molar-refractivity contribution in [2.75, 3.05) is 18.5 Å². The van der Waals surface area contributed by atoms with Gasteiger partial charge in [-0.2, -0.15) is 0 Å². The number of hydrogen-bond donors (Lipinski definition) is 0. The van der Waals surface area contributed by atoms with Gasteiger partial charge in [-0.3, -0.25) is 4.31 Å². The van der Waals surface area contributed by atoms with Crippen LogP contribution in [0.15, 0.2) is 51.8 Å². The predicted octanol–water partition coefficient (Wildman–Crippen LogP) is 3.94. The molecule has 2 aromatic rings. The van der Waals surface area contributed by atoms with E-state index in [0.717, 1.165) is 0 Å². The molecule has 0 atom stereocenters. The van der Waals surface area contributed by atoms with Crippen molar-refractivity contribution in [3.8, 4) is 5.75 Å². The second kappa shape index (κ2) is 6.25. The zero-order valence-corrected chi connectivity index (χ0v) is 14.5. The Hall–Kier alpha value is -1.24. The molecule has 0 radical (unpaired) electrons. The van der Waals surface area contributed by atoms with Gasteiger partial charge in [0.1, 0.15) is 5.75 Å². The van der Waals surface area contributed by atoms with Crippen LogP contribution in [0.4, 0.5) is 5.69 Å². The van der Waals surface area contributed by atoms with Gasteiger partial charge < -0.3 is 4.74 Å². The maximum absolute atomic E-state index is 12.7. The maximum atomic E-state index is 12.7. The van der Waals surface area contributed by atoms with Crippen LogP contribution in [-0.4, -0.2) is 22.6 Å². The molecule has 0 spiro atoms. The molecule has 0 unspecified atom stereocenters. The predicted molar refractivity (Wildman–Crippen MR) is 87.7 cm³/mol. The highest BCUT2D eigenvalue weighted by molar-refractivity contribution is 9.10. The molecule has 0 bridgehead atoms. The summed E-state index contributed by atoms with van der Waals surface area (Å²) in [5.41, 5.74) is 0.464. The van der Waals surface area contributed by atoms with E-state index in [-0.39, 0.29) is 4.90 Å². The molecule has 4 nitrogen and oxygen atoms in total. The highest BCUT2D eigenvalue weighted by atomic mass is 79.9. The van der Waals surface area contributed by atoms with E-state index < -0.39 is 10.0 Å². The van der Waals surface area contributed by atoms with Gasteiger partial charge in [-0.1, -0.05) is 23.7 Å². The summed E-state index contributed by atoms with van der Waals surface area (Å²) in [5, 5.41) is 0.453. The van der Waals surface area contributed by atoms with Crippen LogP contribution < -0.4 is 9.04 Å². The Morgan fingerprint density at radius 2 is 1.86 bits per heavy atom. The molecule has 2 rings (SSSR count). The van der Waals surface area contributed by atoms with Gasteiger partial charge in [0.05, 0.1) is 22.7 Å². The topological polar surface area (TPSA) is 46.6 Å². The molecule has 0 saturated heterocycles. The van der Waals surface area contributed by atoms with Crippen molar-refractivity contribution in [2.45, 2.75) is 4.90 Å². The number of rotatable bonds is 4. The van der Waals surface area contributed by atoms with E-state index >= 15 is 0 Å². The summed E-state index contributed by atoms with van der Waals surface area (Å²) >= 11 is 9.13. The Kier molecular flexibility index (Phi) is 4.81. The molecule has 0 saturated carbocycles. The monoisotopic (exact) mass is 389 g/mol. The van der Waals surface area contributed by atoms with Gasteiger partial charge in [0.15, 0.2) is 0 Å². The highest BCUT2D eigenvalue weighted by Gasteiger charge is 2.24. The molecule has 2 aromatic carbocycles. The average molecular weight is 391 g/mol. The van der Waals surface area contributed by atoms with Gasteiger partial charge in [0.2, 0.25) is 0 Å². The molecular formula is C14H13BrClNO3S. The lowest BCUT2D eigenvalue weighted by Gasteiger charge is -2.21. The van der Waals surface area contributed by atoms with Crippen LogP contribution in [0.5, 0.6) is 5.75 Å². The minimum absolute atomic E-state index is 0.146. The van der Waals surface area contributed by atoms with E-state index in [4.69, 9.17) is 16.3 Å². The summed E-state index contributed by atoms with van der Waals surface area (Å²) in [5.74, 6) is 0.483. The lowest BCUT2D eigenvalue weighted by atomic mass is 10.3. The Morgan fingerprint density at radius 3 is 2.48 bits per heavy atom. The number of methoxy groups -OCH3 is 1. The summed E-state index contributed by atoms with van der Waals surface area (Å²) in [6.45, 7) is 0. The fourth-order valence-corrected chi connectivity index (χ4v) is 3.70. The van der Waals surface area contributed by atoms with E-state index in [1.54, 1.807) is 24.3 Å². The minimum Gasteiger partial charge on any atom is -0.495 e. The van der Waals surface area contributed by atoms with Crippen molar-refractivity contribution in [1.82, 2.24) is 0 Å². The molecule has 0 heterocycles. The number of hydrogen-bond acceptors (Lipinski definition) is 3. The number of sulfonamides is 1. The van der Waals surface area contributed by atoms with E-state index in [0.29, 0.717) is 20.9 Å². The van der Waals surface area contributed by atoms with Crippen molar-refractivity contribution in [1.29, 1.82) is 0 Å². The number of benzene rings is 2. The second-order valence-corrected chi connectivity index (χ2v) is 7.45. The number of nitrogens with zero attached hydrogens (tertiary/aromatic N) is 1. The normalized spacial score (nSPS) is 11.2. The first-order valence-electron chi connectivity index (χ1n) is 5.95. The van der Waals surface area contributed by atoms with Crippen LogP contribution in [0.2, 0.25) is 5.02 Å². The molecule has 0 aromatic heterocycles. The van der Waals surface area contributed by atoms with Crippen LogP contribution >= 0.6 is 27.5 Å². The number of anilines is 1. The smallest absolute Gasteiger partial charge is 0.264 e. The Balaban J connectivity index is 2.50. The third-order valence-electron chi connectivity index (χ3n) is 2.97. The van der Waals surface area contributed by atoms with Crippen molar-refractivity contribution in [3.05, 3.63) is 52.0 Å². The van der Waals surface area contributed by atoms with Gasteiger partial charge in [-0.05, 0) is 46.3 Å². The minimum atomic E-state index is -3.70. The van der Waals surface area contributed by atoms with Gasteiger partial charge in [0.25, 0.3) is 10.0 Å². The fraction of sp³-hybridized carbons (Fsp3) is 0.143. The van der Waals surface area contributed by atoms with Gasteiger partial charge >= 0.3 is 0 Å². The van der Waals surface area contributed by atoms with Crippen LogP contribution in [0.3, 0.4) is 0 Å². The molecule has 0 fully saturated rings. The summed E-state index contributed by atoms with van der Waals surface area (Å²) in [4.78, 5) is 0.146. The fourth-order valence-electron chi connectivity index (χ4n) is 1.81. The Labute approximate surface area is 137 Å². The molecule has 7 heteroatoms. The molecular weight excluding hydrogens is 378 g/mol. The third kappa shape index (κ3) is 3.17. The van der Waals surface area contributed by atoms with Gasteiger partial charge in [-0.25, -0.2) is 8.42 Å². The number of ether oxygens (including phenoxy) is 1. The van der Waals surface area contributed by atoms with Crippen LogP contribution in [-0.2, 0) is 10.0 Å². The second-order valence-electron chi connectivity index (χ2n) is 4.22. The number of para-hydroxylation sites is 2. The molecule has 0 N–H and O–H groups in total. The third-order valence-corrected chi connectivity index (χ3v) is 5.96. The summed E-state index contributed by atoms with van der Waals surface area (Å²) in [6, 6.07) is 11.4. The standard InChI is InChI=1S/C14H13BrClNO3S/c1-17(13-5-3-4-6-14(13)20-2)21(18,19)10-7-8-12(16)11(15)9-10/h3-9H,1-2H3. The molecule has 0 aliphatic rings. The summed E-state index contributed by atoms with van der Waals surface area (Å²) < 4.78 is 32.3. The first-order chi connectivity index (χ1) is 9.87. The summed E-state index contributed by atoms with van der Waals surface area (Å²) in [6.07, 6.45) is 0. The van der Waals surface area contributed by atoms with Gasteiger partial charge in [-0.15, -0.1) is 0 Å². The SMILES string of the molecule is COc1ccccc1N(C)S(=O)(=O)c1ccc(Cl)c(Br)c1. The lowest BCUT2D eigenvalue weighted by molar-refractivity contribution is 0.416. The molecule has 0 aliphatic carbocycles. The van der Waals surface area contributed by atoms with Crippen molar-refractivity contribution in [3.63, 3.8) is 0 Å². The van der Waals surface area contributed by atoms with E-state index in [1.807, 2.05) is 0 Å². The molecule has 112 valence electrons. The molecule has 21 heavy (non-hydrogen) atoms. The zero-order chi connectivity index (χ0) is 15.6. The van der Waals surface area contributed by atoms with Crippen molar-refractivity contribution in [2.24, 2.45) is 0 Å². The molecule has 0 aliphatic heterocycles. The maximum Gasteiger partial charge on any atom is 0.264 e. The summed E-state index contributed by atoms with van der Waals surface area (Å²) in [7, 11) is -0.719. The zero-order valence-electron chi connectivity index (χ0n) is 11.4. The van der Waals surface area contributed by atoms with E-state index in [2.05, 4.69) is 15.9 Å². The van der Waals surface area contributed by atoms with Gasteiger partial charge in [0, 0.05) is 11.5 Å². The largest absolute Gasteiger partial charge is 0.495 e. The number of halogens is 2. The van der Waals surface area contributed by atoms with Crippen molar-refractivity contribution < 1.29 is 13.2 Å². The van der Waals surface area contributed by atoms with Crippen LogP contribution in [0, 0.1) is 0 Å². The average Bonchev–Trinajstić information content (AvgIpc) is 2.49. The van der Waals surface area contributed by atoms with Crippen LogP contribution in [0.1, 0.15) is 0 Å². The highest BCUT2D eigenvalue weighted by Crippen LogP contribution is 2.32. The Morgan fingerprint density at radius 1 is 1.19 bits per heavy atom. The van der Waals surface area contributed by atoms with E-state index in [1.165, 1.54) is 36.7 Å². The molecule has 0 amide bonds. The lowest BCUT2D eigenvalue weighted by Crippen LogP contribution is -2.27.